The molecule has 0 atom stereocenters. The van der Waals surface area contributed by atoms with E-state index in [9.17, 15) is 9.18 Å². The fourth-order valence-electron chi connectivity index (χ4n) is 1.86. The van der Waals surface area contributed by atoms with E-state index in [-0.39, 0.29) is 18.0 Å². The van der Waals surface area contributed by atoms with Crippen LogP contribution in [-0.2, 0) is 6.42 Å². The van der Waals surface area contributed by atoms with Gasteiger partial charge in [0.1, 0.15) is 11.6 Å². The van der Waals surface area contributed by atoms with Crippen molar-refractivity contribution >= 4 is 21.7 Å². The van der Waals surface area contributed by atoms with Crippen molar-refractivity contribution in [1.82, 2.24) is 0 Å². The number of halogens is 2. The second-order valence-electron chi connectivity index (χ2n) is 4.30. The maximum absolute atomic E-state index is 12.8. The summed E-state index contributed by atoms with van der Waals surface area (Å²) in [7, 11) is 0. The van der Waals surface area contributed by atoms with Crippen molar-refractivity contribution in [3.63, 3.8) is 0 Å². The van der Waals surface area contributed by atoms with Crippen molar-refractivity contribution in [2.24, 2.45) is 0 Å². The van der Waals surface area contributed by atoms with Gasteiger partial charge in [0.05, 0.1) is 6.61 Å². The van der Waals surface area contributed by atoms with Gasteiger partial charge in [0.2, 0.25) is 0 Å². The summed E-state index contributed by atoms with van der Waals surface area (Å²) >= 11 is 3.38. The van der Waals surface area contributed by atoms with E-state index in [4.69, 9.17) is 4.74 Å². The lowest BCUT2D eigenvalue weighted by Gasteiger charge is -2.07. The molecule has 0 N–H and O–H groups in total. The zero-order valence-corrected chi connectivity index (χ0v) is 12.6. The molecule has 0 radical (unpaired) electrons. The van der Waals surface area contributed by atoms with E-state index < -0.39 is 0 Å². The molecule has 2 aromatic rings. The molecule has 0 amide bonds. The smallest absolute Gasteiger partial charge is 0.168 e. The van der Waals surface area contributed by atoms with Crippen molar-refractivity contribution in [3.05, 3.63) is 63.9 Å². The van der Waals surface area contributed by atoms with Gasteiger partial charge in [-0.1, -0.05) is 12.1 Å². The summed E-state index contributed by atoms with van der Waals surface area (Å²) in [5, 5.41) is 0. The van der Waals surface area contributed by atoms with Crippen LogP contribution in [-0.4, -0.2) is 12.4 Å². The Balaban J connectivity index is 2.14. The maximum atomic E-state index is 12.8. The number of carbonyl (C=O) groups excluding carboxylic acids is 1. The quantitative estimate of drug-likeness (QED) is 0.756. The summed E-state index contributed by atoms with van der Waals surface area (Å²) in [5.74, 6) is 0.396. The Labute approximate surface area is 125 Å². The van der Waals surface area contributed by atoms with Gasteiger partial charge in [-0.15, -0.1) is 0 Å². The molecule has 0 aliphatic carbocycles. The van der Waals surface area contributed by atoms with E-state index in [1.165, 1.54) is 12.1 Å². The van der Waals surface area contributed by atoms with Gasteiger partial charge in [-0.3, -0.25) is 4.79 Å². The molecular weight excluding hydrogens is 323 g/mol. The van der Waals surface area contributed by atoms with E-state index in [2.05, 4.69) is 15.9 Å². The Morgan fingerprint density at radius 2 is 1.90 bits per heavy atom. The SMILES string of the molecule is CCOc1ccc(C(=O)Cc2ccc(F)cc2)c(Br)c1. The molecule has 104 valence electrons. The fraction of sp³-hybridized carbons (Fsp3) is 0.188. The molecular formula is C16H14BrFO2. The van der Waals surface area contributed by atoms with Crippen molar-refractivity contribution in [3.8, 4) is 5.75 Å². The van der Waals surface area contributed by atoms with Gasteiger partial charge in [-0.25, -0.2) is 4.39 Å². The average Bonchev–Trinajstić information content (AvgIpc) is 2.42. The lowest BCUT2D eigenvalue weighted by atomic mass is 10.0. The molecule has 2 aromatic carbocycles. The predicted octanol–water partition coefficient (Wildman–Crippen LogP) is 4.41. The molecule has 0 saturated heterocycles. The molecule has 0 spiro atoms. The summed E-state index contributed by atoms with van der Waals surface area (Å²) in [5.41, 5.74) is 1.38. The van der Waals surface area contributed by atoms with Crippen LogP contribution in [0.1, 0.15) is 22.8 Å². The highest BCUT2D eigenvalue weighted by atomic mass is 79.9. The highest BCUT2D eigenvalue weighted by Crippen LogP contribution is 2.24. The minimum Gasteiger partial charge on any atom is -0.494 e. The number of benzene rings is 2. The van der Waals surface area contributed by atoms with Crippen LogP contribution in [0.2, 0.25) is 0 Å². The molecule has 0 saturated carbocycles. The topological polar surface area (TPSA) is 26.3 Å². The third-order valence-electron chi connectivity index (χ3n) is 2.83. The third-order valence-corrected chi connectivity index (χ3v) is 3.49. The largest absolute Gasteiger partial charge is 0.494 e. The first-order valence-corrected chi connectivity index (χ1v) is 7.09. The van der Waals surface area contributed by atoms with Gasteiger partial charge in [0.25, 0.3) is 0 Å². The van der Waals surface area contributed by atoms with Crippen LogP contribution in [0.5, 0.6) is 5.75 Å². The number of Topliss-reactive ketones (excluding diaryl/α,β-unsaturated/α-hetero) is 1. The Morgan fingerprint density at radius 3 is 2.50 bits per heavy atom. The van der Waals surface area contributed by atoms with E-state index in [1.807, 2.05) is 6.92 Å². The first-order valence-electron chi connectivity index (χ1n) is 6.30. The monoisotopic (exact) mass is 336 g/mol. The minimum absolute atomic E-state index is 0.0217. The third kappa shape index (κ3) is 3.67. The maximum Gasteiger partial charge on any atom is 0.168 e. The molecule has 0 unspecified atom stereocenters. The summed E-state index contributed by atoms with van der Waals surface area (Å²) in [6.07, 6.45) is 0.243. The van der Waals surface area contributed by atoms with Crippen LogP contribution in [0, 0.1) is 5.82 Å². The number of rotatable bonds is 5. The van der Waals surface area contributed by atoms with Crippen molar-refractivity contribution in [2.45, 2.75) is 13.3 Å². The van der Waals surface area contributed by atoms with Crippen LogP contribution in [0.25, 0.3) is 0 Å². The first kappa shape index (κ1) is 14.7. The predicted molar refractivity (Wildman–Crippen MR) is 79.7 cm³/mol. The Morgan fingerprint density at radius 1 is 1.20 bits per heavy atom. The van der Waals surface area contributed by atoms with E-state index >= 15 is 0 Å². The molecule has 0 aliphatic heterocycles. The van der Waals surface area contributed by atoms with Gasteiger partial charge in [-0.05, 0) is 58.7 Å². The molecule has 4 heteroatoms. The zero-order chi connectivity index (χ0) is 14.5. The van der Waals surface area contributed by atoms with Crippen molar-refractivity contribution in [2.75, 3.05) is 6.61 Å². The highest BCUT2D eigenvalue weighted by molar-refractivity contribution is 9.10. The minimum atomic E-state index is -0.302. The molecule has 0 heterocycles. The standard InChI is InChI=1S/C16H14BrFO2/c1-2-20-13-7-8-14(15(17)10-13)16(19)9-11-3-5-12(18)6-4-11/h3-8,10H,2,9H2,1H3. The Bertz CT molecular complexity index is 608. The van der Waals surface area contributed by atoms with Crippen molar-refractivity contribution < 1.29 is 13.9 Å². The highest BCUT2D eigenvalue weighted by Gasteiger charge is 2.12. The van der Waals surface area contributed by atoms with Crippen molar-refractivity contribution in [1.29, 1.82) is 0 Å². The van der Waals surface area contributed by atoms with Gasteiger partial charge in [0.15, 0.2) is 5.78 Å². The molecule has 2 rings (SSSR count). The van der Waals surface area contributed by atoms with Gasteiger partial charge in [-0.2, -0.15) is 0 Å². The van der Waals surface area contributed by atoms with Gasteiger partial charge < -0.3 is 4.74 Å². The number of hydrogen-bond acceptors (Lipinski definition) is 2. The zero-order valence-electron chi connectivity index (χ0n) is 11.0. The Kier molecular flexibility index (Phi) is 4.90. The lowest BCUT2D eigenvalue weighted by molar-refractivity contribution is 0.0992. The van der Waals surface area contributed by atoms with Crippen LogP contribution in [0.15, 0.2) is 46.9 Å². The molecule has 0 aliphatic rings. The van der Waals surface area contributed by atoms with Crippen LogP contribution < -0.4 is 4.74 Å². The molecule has 20 heavy (non-hydrogen) atoms. The lowest BCUT2D eigenvalue weighted by Crippen LogP contribution is -2.05. The fourth-order valence-corrected chi connectivity index (χ4v) is 2.44. The van der Waals surface area contributed by atoms with Gasteiger partial charge >= 0.3 is 0 Å². The molecule has 0 aromatic heterocycles. The van der Waals surface area contributed by atoms with Gasteiger partial charge in [0, 0.05) is 16.5 Å². The number of ether oxygens (including phenoxy) is 1. The van der Waals surface area contributed by atoms with E-state index in [0.717, 1.165) is 11.3 Å². The van der Waals surface area contributed by atoms with Crippen LogP contribution >= 0.6 is 15.9 Å². The van der Waals surface area contributed by atoms with E-state index in [0.29, 0.717) is 16.6 Å². The number of carbonyl (C=O) groups is 1. The normalized spacial score (nSPS) is 10.3. The molecule has 0 bridgehead atoms. The summed E-state index contributed by atoms with van der Waals surface area (Å²) in [6, 6.07) is 11.2. The second-order valence-corrected chi connectivity index (χ2v) is 5.16. The van der Waals surface area contributed by atoms with Crippen LogP contribution in [0.4, 0.5) is 4.39 Å². The summed E-state index contributed by atoms with van der Waals surface area (Å²) in [6.45, 7) is 2.48. The second kappa shape index (κ2) is 6.66. The summed E-state index contributed by atoms with van der Waals surface area (Å²) in [4.78, 5) is 12.2. The molecule has 2 nitrogen and oxygen atoms in total. The first-order chi connectivity index (χ1) is 9.60. The molecule has 0 fully saturated rings. The Hall–Kier alpha value is -1.68. The van der Waals surface area contributed by atoms with E-state index in [1.54, 1.807) is 30.3 Å². The average molecular weight is 337 g/mol. The summed E-state index contributed by atoms with van der Waals surface area (Å²) < 4.78 is 18.9. The van der Waals surface area contributed by atoms with Crippen LogP contribution in [0.3, 0.4) is 0 Å². The number of hydrogen-bond donors (Lipinski definition) is 0. The number of ketones is 1.